The number of carbonyl (C=O) groups excluding carboxylic acids is 6. The first-order chi connectivity index (χ1) is 23.4. The highest BCUT2D eigenvalue weighted by Crippen LogP contribution is 2.14. The Kier molecular flexibility index (Phi) is 20.4. The number of carbonyl (C=O) groups is 6. The molecule has 0 aromatic heterocycles. The third-order valence-electron chi connectivity index (χ3n) is 8.01. The van der Waals surface area contributed by atoms with Crippen molar-refractivity contribution in [3.8, 4) is 0 Å². The number of aliphatic hydroxyl groups excluding tert-OH is 2. The predicted molar refractivity (Wildman–Crippen MR) is 180 cm³/mol. The highest BCUT2D eigenvalue weighted by Gasteiger charge is 2.40. The number of quaternary nitrogens is 1. The quantitative estimate of drug-likeness (QED) is 0.0358. The Bertz CT molecular complexity index is 1190. The van der Waals surface area contributed by atoms with E-state index in [-0.39, 0.29) is 12.4 Å². The first-order valence-electron chi connectivity index (χ1n) is 16.8. The molecular weight excluding hydrogens is 674 g/mol. The van der Waals surface area contributed by atoms with Gasteiger partial charge < -0.3 is 48.4 Å². The molecule has 1 aromatic rings. The Hall–Kier alpha value is -4.19. The molecule has 2 unspecified atom stereocenters. The first kappa shape index (κ1) is 43.8. The van der Waals surface area contributed by atoms with Crippen molar-refractivity contribution in [3.63, 3.8) is 0 Å². The number of aliphatic hydroxyl groups is 2. The summed E-state index contributed by atoms with van der Waals surface area (Å²) >= 11 is 0. The van der Waals surface area contributed by atoms with Gasteiger partial charge in [-0.3, -0.25) is 30.0 Å². The minimum absolute atomic E-state index is 0. The van der Waals surface area contributed by atoms with Gasteiger partial charge in [0.1, 0.15) is 20.0 Å². The summed E-state index contributed by atoms with van der Waals surface area (Å²) in [5, 5.41) is 30.2. The van der Waals surface area contributed by atoms with E-state index >= 15 is 0 Å². The predicted octanol–water partition coefficient (Wildman–Crippen LogP) is -1.61. The number of halogens is 1. The molecule has 2 atom stereocenters. The maximum Gasteiger partial charge on any atom is 0.328 e. The van der Waals surface area contributed by atoms with Crippen LogP contribution in [0, 0.1) is 0 Å². The molecule has 50 heavy (non-hydrogen) atoms. The van der Waals surface area contributed by atoms with Gasteiger partial charge in [-0.15, -0.1) is 0 Å². The van der Waals surface area contributed by atoms with Crippen molar-refractivity contribution in [2.75, 3.05) is 40.8 Å². The Morgan fingerprint density at radius 1 is 0.720 bits per heavy atom. The van der Waals surface area contributed by atoms with E-state index in [1.807, 2.05) is 10.6 Å². The third kappa shape index (κ3) is 15.6. The van der Waals surface area contributed by atoms with E-state index in [9.17, 15) is 28.8 Å². The standard InChI is InChI=1S/C21H38N.C11H16N8O8.ClH/c1-4-5-6-7-8-9-10-11-12-16-19-22(2,3)20-21-17-14-13-15-18-21;20-2-18-4(6(22)16-10(18)26)14-8(24)12-1-13-9(25)15-5-7(23)17-11(27)19(5)3-21;/h13-15,17-18H,4-12,16,19-20H2,1-3H3;4-5,20-21H,1-3H2,(H2,12,14,24)(H2,13,15,25)(H,16,22,26)(H,17,23,27);1H/q+1;;/p-1. The largest absolute Gasteiger partial charge is 1.00 e. The Morgan fingerprint density at radius 2 is 1.14 bits per heavy atom. The summed E-state index contributed by atoms with van der Waals surface area (Å²) < 4.78 is 1.11. The van der Waals surface area contributed by atoms with Crippen molar-refractivity contribution in [2.45, 2.75) is 90.0 Å². The second kappa shape index (κ2) is 23.3. The van der Waals surface area contributed by atoms with E-state index in [1.165, 1.54) is 76.3 Å². The first-order valence-corrected chi connectivity index (χ1v) is 16.8. The summed E-state index contributed by atoms with van der Waals surface area (Å²) in [6.45, 7) is 2.65. The summed E-state index contributed by atoms with van der Waals surface area (Å²) in [4.78, 5) is 70.2. The average Bonchev–Trinajstić information content (AvgIpc) is 3.48. The van der Waals surface area contributed by atoms with E-state index < -0.39 is 68.4 Å². The molecule has 2 fully saturated rings. The lowest BCUT2D eigenvalue weighted by Crippen LogP contribution is -3.00. The van der Waals surface area contributed by atoms with Gasteiger partial charge in [-0.25, -0.2) is 19.2 Å². The van der Waals surface area contributed by atoms with Crippen molar-refractivity contribution in [1.82, 2.24) is 41.7 Å². The monoisotopic (exact) mass is 727 g/mol. The van der Waals surface area contributed by atoms with E-state index in [2.05, 4.69) is 72.6 Å². The number of nitrogens with one attached hydrogen (secondary N) is 6. The van der Waals surface area contributed by atoms with Crippen molar-refractivity contribution in [2.24, 2.45) is 0 Å². The fourth-order valence-electron chi connectivity index (χ4n) is 5.33. The molecule has 2 aliphatic rings. The molecule has 18 heteroatoms. The maximum atomic E-state index is 11.7. The van der Waals surface area contributed by atoms with Gasteiger partial charge in [-0.05, 0) is 12.8 Å². The fourth-order valence-corrected chi connectivity index (χ4v) is 5.33. The third-order valence-corrected chi connectivity index (χ3v) is 8.01. The lowest BCUT2D eigenvalue weighted by molar-refractivity contribution is -0.903. The van der Waals surface area contributed by atoms with Crippen LogP contribution in [0.25, 0.3) is 0 Å². The van der Waals surface area contributed by atoms with Crippen molar-refractivity contribution < 1.29 is 55.9 Å². The molecule has 10 amide bonds. The van der Waals surface area contributed by atoms with Crippen LogP contribution in [-0.2, 0) is 16.1 Å². The van der Waals surface area contributed by atoms with Crippen LogP contribution in [0.2, 0.25) is 0 Å². The van der Waals surface area contributed by atoms with Crippen LogP contribution < -0.4 is 44.3 Å². The smallest absolute Gasteiger partial charge is 0.328 e. The van der Waals surface area contributed by atoms with E-state index in [0.29, 0.717) is 9.80 Å². The van der Waals surface area contributed by atoms with Crippen LogP contribution >= 0.6 is 0 Å². The number of hydrogen-bond donors (Lipinski definition) is 8. The Morgan fingerprint density at radius 3 is 1.56 bits per heavy atom. The molecule has 2 aliphatic heterocycles. The number of amides is 10. The molecule has 8 N–H and O–H groups in total. The number of urea groups is 4. The fraction of sp³-hybridized carbons (Fsp3) is 0.625. The second-order valence-corrected chi connectivity index (χ2v) is 12.6. The van der Waals surface area contributed by atoms with Gasteiger partial charge in [0, 0.05) is 5.56 Å². The lowest BCUT2D eigenvalue weighted by Gasteiger charge is -2.30. The van der Waals surface area contributed by atoms with Crippen molar-refractivity contribution >= 4 is 35.9 Å². The van der Waals surface area contributed by atoms with Crippen LogP contribution in [0.15, 0.2) is 30.3 Å². The number of benzene rings is 1. The zero-order valence-corrected chi connectivity index (χ0v) is 30.0. The summed E-state index contributed by atoms with van der Waals surface area (Å²) in [6.07, 6.45) is 11.4. The minimum atomic E-state index is -1.43. The zero-order valence-electron chi connectivity index (χ0n) is 29.2. The van der Waals surface area contributed by atoms with Gasteiger partial charge >= 0.3 is 24.1 Å². The molecule has 0 aliphatic carbocycles. The van der Waals surface area contributed by atoms with Gasteiger partial charge in [0.25, 0.3) is 11.8 Å². The van der Waals surface area contributed by atoms with Gasteiger partial charge in [0.2, 0.25) is 0 Å². The van der Waals surface area contributed by atoms with E-state index in [0.717, 1.165) is 11.0 Å². The molecule has 2 saturated heterocycles. The van der Waals surface area contributed by atoms with Crippen molar-refractivity contribution in [1.29, 1.82) is 0 Å². The van der Waals surface area contributed by atoms with Crippen LogP contribution in [-0.4, -0.2) is 114 Å². The maximum absolute atomic E-state index is 11.7. The molecule has 3 rings (SSSR count). The highest BCUT2D eigenvalue weighted by molar-refractivity contribution is 6.05. The summed E-state index contributed by atoms with van der Waals surface area (Å²) in [7, 11) is 4.72. The second-order valence-electron chi connectivity index (χ2n) is 12.6. The Labute approximate surface area is 299 Å². The molecule has 282 valence electrons. The number of hydrogen-bond acceptors (Lipinski definition) is 8. The van der Waals surface area contributed by atoms with E-state index in [4.69, 9.17) is 10.2 Å². The van der Waals surface area contributed by atoms with Crippen LogP contribution in [0.5, 0.6) is 0 Å². The lowest BCUT2D eigenvalue weighted by atomic mass is 10.1. The zero-order chi connectivity index (χ0) is 36.2. The molecule has 1 aromatic carbocycles. The molecule has 0 bridgehead atoms. The minimum Gasteiger partial charge on any atom is -1.00 e. The van der Waals surface area contributed by atoms with Gasteiger partial charge in [0.15, 0.2) is 12.3 Å². The Balaban J connectivity index is 0.000000501. The van der Waals surface area contributed by atoms with Gasteiger partial charge in [-0.2, -0.15) is 0 Å². The molecule has 2 heterocycles. The van der Waals surface area contributed by atoms with Crippen LogP contribution in [0.1, 0.15) is 76.7 Å². The van der Waals surface area contributed by atoms with Gasteiger partial charge in [0.05, 0.1) is 27.3 Å². The molecule has 0 radical (unpaired) electrons. The average molecular weight is 728 g/mol. The summed E-state index contributed by atoms with van der Waals surface area (Å²) in [5.74, 6) is -1.70. The molecular formula is C32H54ClN9O8. The number of rotatable bonds is 19. The van der Waals surface area contributed by atoms with Crippen LogP contribution in [0.4, 0.5) is 19.2 Å². The van der Waals surface area contributed by atoms with E-state index in [1.54, 1.807) is 0 Å². The molecule has 17 nitrogen and oxygen atoms in total. The summed E-state index contributed by atoms with van der Waals surface area (Å²) in [6, 6.07) is 7.23. The normalized spacial score (nSPS) is 16.9. The van der Waals surface area contributed by atoms with Gasteiger partial charge in [-0.1, -0.05) is 88.6 Å². The van der Waals surface area contributed by atoms with Crippen molar-refractivity contribution in [3.05, 3.63) is 35.9 Å². The SMILES string of the molecule is CCCCCCCCCCCC[N+](C)(C)Cc1ccccc1.O=C(NCNC(=O)NC1C(=O)NC(=O)N1CO)NC1C(=O)NC(=O)N1CO.[Cl-]. The number of imide groups is 2. The number of unbranched alkanes of at least 4 members (excludes halogenated alkanes) is 9. The number of nitrogens with zero attached hydrogens (tertiary/aromatic N) is 3. The topological polar surface area (TPSA) is 222 Å². The van der Waals surface area contributed by atoms with Crippen LogP contribution in [0.3, 0.4) is 0 Å². The summed E-state index contributed by atoms with van der Waals surface area (Å²) in [5.41, 5.74) is 1.46. The molecule has 0 spiro atoms. The highest BCUT2D eigenvalue weighted by atomic mass is 35.5. The molecule has 0 saturated carbocycles.